The quantitative estimate of drug-likeness (QED) is 0.525. The van der Waals surface area contributed by atoms with E-state index in [0.717, 1.165) is 11.3 Å². The Hall–Kier alpha value is -1.21. The van der Waals surface area contributed by atoms with Crippen LogP contribution < -0.4 is 10.2 Å². The van der Waals surface area contributed by atoms with E-state index >= 15 is 0 Å². The van der Waals surface area contributed by atoms with Gasteiger partial charge < -0.3 is 25.4 Å². The van der Waals surface area contributed by atoms with Crippen molar-refractivity contribution in [2.75, 3.05) is 18.0 Å². The van der Waals surface area contributed by atoms with Crippen molar-refractivity contribution in [3.05, 3.63) is 32.0 Å². The number of halogens is 2. The average molecular weight is 439 g/mol. The molecule has 1 amide bonds. The van der Waals surface area contributed by atoms with Crippen LogP contribution in [0.5, 0.6) is 0 Å². The number of aliphatic hydroxyl groups excluding tert-OH is 1. The molecule has 1 saturated heterocycles. The van der Waals surface area contributed by atoms with E-state index in [9.17, 15) is 19.8 Å². The molecule has 3 atom stereocenters. The van der Waals surface area contributed by atoms with Crippen LogP contribution in [0.3, 0.4) is 0 Å². The summed E-state index contributed by atoms with van der Waals surface area (Å²) in [4.78, 5) is 32.8. The normalized spacial score (nSPS) is 22.6. The molecule has 2 aliphatic rings. The zero-order valence-electron chi connectivity index (χ0n) is 14.1. The Bertz CT molecular complexity index is 937. The number of carbonyl (C=O) groups is 2. The molecule has 1 saturated carbocycles. The van der Waals surface area contributed by atoms with Gasteiger partial charge in [0.15, 0.2) is 5.13 Å². The van der Waals surface area contributed by atoms with Crippen molar-refractivity contribution in [2.24, 2.45) is 11.8 Å². The van der Waals surface area contributed by atoms with Crippen molar-refractivity contribution < 1.29 is 19.8 Å². The standard InChI is InChI=1S/C16H16Cl2N4O4S.Li.H/c1-5-9(17)10(18)12(19-5)14(24)21-11-6-2-22(3-7(6)11)16-20-8(4-23)13(27-16)15(25)26;;/h6-7,11,19,23H,2-4H2,1H3,(H,21,24)(H,25,26);;/t6-,7+,11+;;. The third-order valence-corrected chi connectivity index (χ3v) is 7.17. The maximum absolute atomic E-state index is 12.4. The number of aryl methyl sites for hydroxylation is 1. The number of nitrogens with one attached hydrogen (secondary N) is 2. The van der Waals surface area contributed by atoms with Crippen molar-refractivity contribution in [1.29, 1.82) is 0 Å². The summed E-state index contributed by atoms with van der Waals surface area (Å²) in [5.41, 5.74) is 1.09. The number of H-pyrrole nitrogens is 1. The van der Waals surface area contributed by atoms with Gasteiger partial charge in [0.2, 0.25) is 0 Å². The topological polar surface area (TPSA) is 119 Å². The Morgan fingerprint density at radius 3 is 2.43 bits per heavy atom. The number of carbonyl (C=O) groups excluding carboxylic acids is 1. The number of piperidine rings is 1. The van der Waals surface area contributed by atoms with Crippen LogP contribution in [0.4, 0.5) is 5.13 Å². The zero-order valence-corrected chi connectivity index (χ0v) is 16.5. The first-order valence-electron chi connectivity index (χ1n) is 8.25. The van der Waals surface area contributed by atoms with Crippen LogP contribution in [0.25, 0.3) is 0 Å². The molecule has 2 aromatic rings. The molecule has 146 valence electrons. The Kier molecular flexibility index (Phi) is 6.06. The monoisotopic (exact) mass is 438 g/mol. The molecular weight excluding hydrogens is 422 g/mol. The predicted octanol–water partition coefficient (Wildman–Crippen LogP) is 1.49. The van der Waals surface area contributed by atoms with Crippen molar-refractivity contribution in [3.8, 4) is 0 Å². The van der Waals surface area contributed by atoms with Gasteiger partial charge in [-0.25, -0.2) is 9.78 Å². The number of thiazole rings is 1. The van der Waals surface area contributed by atoms with E-state index in [2.05, 4.69) is 15.3 Å². The molecule has 0 unspecified atom stereocenters. The molecule has 4 N–H and O–H groups in total. The Labute approximate surface area is 186 Å². The van der Waals surface area contributed by atoms with E-state index in [-0.39, 0.29) is 63.9 Å². The predicted molar refractivity (Wildman–Crippen MR) is 108 cm³/mol. The van der Waals surface area contributed by atoms with Crippen LogP contribution >= 0.6 is 34.5 Å². The van der Waals surface area contributed by atoms with E-state index in [0.29, 0.717) is 28.9 Å². The molecule has 12 heteroatoms. The Morgan fingerprint density at radius 1 is 1.32 bits per heavy atom. The van der Waals surface area contributed by atoms with Crippen molar-refractivity contribution >= 4 is 70.4 Å². The third kappa shape index (κ3) is 3.56. The number of carboxylic acid groups (broad SMARTS) is 1. The number of fused-ring (bicyclic) bond motifs is 1. The molecule has 8 nitrogen and oxygen atoms in total. The number of hydrogen-bond donors (Lipinski definition) is 4. The summed E-state index contributed by atoms with van der Waals surface area (Å²) in [6.07, 6.45) is 0. The number of anilines is 1. The van der Waals surface area contributed by atoms with E-state index in [1.54, 1.807) is 6.92 Å². The first kappa shape index (κ1) is 21.5. The second-order valence-electron chi connectivity index (χ2n) is 6.72. The van der Waals surface area contributed by atoms with Gasteiger partial charge >= 0.3 is 24.8 Å². The molecule has 0 spiro atoms. The average Bonchev–Trinajstić information content (AvgIpc) is 3.05. The number of hydrogen-bond acceptors (Lipinski definition) is 6. The molecule has 4 rings (SSSR count). The van der Waals surface area contributed by atoms with Gasteiger partial charge in [-0.05, 0) is 6.92 Å². The molecule has 2 aromatic heterocycles. The minimum atomic E-state index is -1.09. The van der Waals surface area contributed by atoms with Crippen LogP contribution in [0, 0.1) is 18.8 Å². The van der Waals surface area contributed by atoms with Crippen LogP contribution in [0.2, 0.25) is 10.0 Å². The van der Waals surface area contributed by atoms with Crippen LogP contribution in [-0.4, -0.2) is 70.0 Å². The fourth-order valence-corrected chi connectivity index (χ4v) is 4.95. The second kappa shape index (κ2) is 7.90. The summed E-state index contributed by atoms with van der Waals surface area (Å²) >= 11 is 13.2. The molecule has 1 aliphatic carbocycles. The van der Waals surface area contributed by atoms with Gasteiger partial charge in [-0.1, -0.05) is 34.5 Å². The number of aromatic amines is 1. The first-order chi connectivity index (χ1) is 12.8. The Morgan fingerprint density at radius 2 is 1.96 bits per heavy atom. The molecule has 1 aliphatic heterocycles. The Balaban J connectivity index is 0.00000225. The van der Waals surface area contributed by atoms with Gasteiger partial charge in [0.05, 0.1) is 22.3 Å². The molecule has 28 heavy (non-hydrogen) atoms. The summed E-state index contributed by atoms with van der Waals surface area (Å²) in [5, 5.41) is 22.6. The molecular formula is C16H17Cl2LiN4O4S. The first-order valence-corrected chi connectivity index (χ1v) is 9.82. The number of nitrogens with zero attached hydrogens (tertiary/aromatic N) is 2. The number of rotatable bonds is 5. The van der Waals surface area contributed by atoms with E-state index in [4.69, 9.17) is 23.2 Å². The molecule has 0 bridgehead atoms. The number of amides is 1. The van der Waals surface area contributed by atoms with Gasteiger partial charge in [-0.3, -0.25) is 4.79 Å². The molecule has 3 heterocycles. The number of aliphatic hydroxyl groups is 1. The van der Waals surface area contributed by atoms with Gasteiger partial charge in [0.1, 0.15) is 10.6 Å². The van der Waals surface area contributed by atoms with Crippen LogP contribution in [0.1, 0.15) is 31.5 Å². The third-order valence-electron chi connectivity index (χ3n) is 5.07. The summed E-state index contributed by atoms with van der Waals surface area (Å²) in [5.74, 6) is -0.831. The van der Waals surface area contributed by atoms with Gasteiger partial charge in [0, 0.05) is 36.7 Å². The van der Waals surface area contributed by atoms with E-state index in [1.165, 1.54) is 0 Å². The SMILES string of the molecule is Cc1[nH]c(C(=O)N[C@H]2[C@@H]3CN(c4nc(CO)c(C(=O)O)s4)C[C@@H]32)c(Cl)c1Cl.[LiH]. The van der Waals surface area contributed by atoms with E-state index in [1.807, 2.05) is 4.90 Å². The van der Waals surface area contributed by atoms with Gasteiger partial charge in [-0.2, -0.15) is 0 Å². The van der Waals surface area contributed by atoms with Crippen LogP contribution in [-0.2, 0) is 6.61 Å². The minimum absolute atomic E-state index is 0. The van der Waals surface area contributed by atoms with Gasteiger partial charge in [0.25, 0.3) is 5.91 Å². The summed E-state index contributed by atoms with van der Waals surface area (Å²) < 4.78 is 0. The number of aromatic nitrogens is 2. The van der Waals surface area contributed by atoms with Gasteiger partial charge in [-0.15, -0.1) is 0 Å². The molecule has 0 aromatic carbocycles. The van der Waals surface area contributed by atoms with Crippen molar-refractivity contribution in [1.82, 2.24) is 15.3 Å². The maximum atomic E-state index is 12.4. The fraction of sp³-hybridized carbons (Fsp3) is 0.438. The summed E-state index contributed by atoms with van der Waals surface area (Å²) in [7, 11) is 0. The molecule has 2 fully saturated rings. The van der Waals surface area contributed by atoms with Crippen LogP contribution in [0.15, 0.2) is 0 Å². The number of aromatic carboxylic acids is 1. The second-order valence-corrected chi connectivity index (χ2v) is 8.45. The summed E-state index contributed by atoms with van der Waals surface area (Å²) in [6, 6.07) is 0.0448. The summed E-state index contributed by atoms with van der Waals surface area (Å²) in [6.45, 7) is 2.68. The number of carboxylic acids is 1. The zero-order chi connectivity index (χ0) is 19.5. The van der Waals surface area contributed by atoms with Crippen molar-refractivity contribution in [2.45, 2.75) is 19.6 Å². The van der Waals surface area contributed by atoms with Crippen molar-refractivity contribution in [3.63, 3.8) is 0 Å². The van der Waals surface area contributed by atoms with E-state index < -0.39 is 12.6 Å². The molecule has 0 radical (unpaired) electrons. The fourth-order valence-electron chi connectivity index (χ4n) is 3.60.